The van der Waals surface area contributed by atoms with Gasteiger partial charge < -0.3 is 9.88 Å². The Morgan fingerprint density at radius 2 is 2.30 bits per heavy atom. The number of aryl methyl sites for hydroxylation is 1. The van der Waals surface area contributed by atoms with Crippen LogP contribution in [0.25, 0.3) is 0 Å². The van der Waals surface area contributed by atoms with Gasteiger partial charge in [0, 0.05) is 37.7 Å². The predicted octanol–water partition coefficient (Wildman–Crippen LogP) is 2.02. The van der Waals surface area contributed by atoms with Gasteiger partial charge in [-0.25, -0.2) is 14.8 Å². The Morgan fingerprint density at radius 3 is 3.00 bits per heavy atom. The number of rotatable bonds is 3. The lowest BCUT2D eigenvalue weighted by molar-refractivity contribution is 0.0946. The largest absolute Gasteiger partial charge is 0.347 e. The van der Waals surface area contributed by atoms with Crippen molar-refractivity contribution < 1.29 is 4.79 Å². The van der Waals surface area contributed by atoms with Crippen molar-refractivity contribution in [2.45, 2.75) is 19.9 Å². The van der Waals surface area contributed by atoms with E-state index in [4.69, 9.17) is 0 Å². The topological polar surface area (TPSA) is 77.2 Å². The number of H-pyrrole nitrogens is 1. The number of likely N-dealkylation sites (N-methyl/N-ethyl adjacent to an activating group) is 1. The molecule has 2 aromatic heterocycles. The van der Waals surface area contributed by atoms with E-state index < -0.39 is 0 Å². The Morgan fingerprint density at radius 1 is 1.43 bits per heavy atom. The predicted molar refractivity (Wildman–Crippen MR) is 88.1 cm³/mol. The van der Waals surface area contributed by atoms with Crippen LogP contribution in [0.4, 0.5) is 10.6 Å². The molecule has 1 aliphatic heterocycles. The average molecular weight is 314 g/mol. The fourth-order valence-electron chi connectivity index (χ4n) is 2.90. The molecule has 0 spiro atoms. The number of urea groups is 1. The fourth-order valence-corrected chi connectivity index (χ4v) is 2.90. The summed E-state index contributed by atoms with van der Waals surface area (Å²) in [6, 6.07) is 5.58. The number of carbonyl (C=O) groups excluding carboxylic acids is 1. The number of amides is 2. The van der Waals surface area contributed by atoms with E-state index in [9.17, 15) is 4.79 Å². The van der Waals surface area contributed by atoms with Crippen molar-refractivity contribution in [2.24, 2.45) is 0 Å². The summed E-state index contributed by atoms with van der Waals surface area (Å²) in [7, 11) is 0. The molecule has 0 unspecified atom stereocenters. The highest BCUT2D eigenvalue weighted by Crippen LogP contribution is 2.22. The first kappa shape index (κ1) is 15.5. The second-order valence-corrected chi connectivity index (χ2v) is 5.66. The summed E-state index contributed by atoms with van der Waals surface area (Å²) in [6.07, 6.45) is 3.57. The number of imidazole rings is 1. The number of aromatic nitrogens is 3. The highest BCUT2D eigenvalue weighted by Gasteiger charge is 2.31. The zero-order valence-corrected chi connectivity index (χ0v) is 13.5. The van der Waals surface area contributed by atoms with E-state index in [-0.39, 0.29) is 12.1 Å². The smallest absolute Gasteiger partial charge is 0.323 e. The number of aromatic amines is 1. The Kier molecular flexibility index (Phi) is 4.57. The molecule has 0 aliphatic carbocycles. The second kappa shape index (κ2) is 6.78. The summed E-state index contributed by atoms with van der Waals surface area (Å²) in [5.41, 5.74) is 0.882. The van der Waals surface area contributed by atoms with Crippen LogP contribution in [0.1, 0.15) is 24.5 Å². The molecule has 0 radical (unpaired) electrons. The summed E-state index contributed by atoms with van der Waals surface area (Å²) in [4.78, 5) is 28.5. The Bertz CT molecular complexity index is 656. The maximum absolute atomic E-state index is 12.5. The molecule has 3 heterocycles. The van der Waals surface area contributed by atoms with Crippen molar-refractivity contribution in [1.82, 2.24) is 24.8 Å². The quantitative estimate of drug-likeness (QED) is 0.908. The van der Waals surface area contributed by atoms with Gasteiger partial charge in [-0.2, -0.15) is 0 Å². The van der Waals surface area contributed by atoms with Gasteiger partial charge in [0.2, 0.25) is 0 Å². The molecule has 2 amide bonds. The summed E-state index contributed by atoms with van der Waals surface area (Å²) >= 11 is 0. The SMILES string of the molecule is CCN1CCN(C(=O)Nc2cccc(C)n2)C[C@@H]1c1ncc[nH]1. The van der Waals surface area contributed by atoms with Crippen LogP contribution >= 0.6 is 0 Å². The molecule has 1 aliphatic rings. The summed E-state index contributed by atoms with van der Waals surface area (Å²) in [5.74, 6) is 1.49. The number of nitrogens with zero attached hydrogens (tertiary/aromatic N) is 4. The first-order valence-corrected chi connectivity index (χ1v) is 7.90. The lowest BCUT2D eigenvalue weighted by Gasteiger charge is -2.39. The average Bonchev–Trinajstić information content (AvgIpc) is 3.08. The second-order valence-electron chi connectivity index (χ2n) is 5.66. The molecule has 7 heteroatoms. The molecule has 2 aromatic rings. The molecule has 1 fully saturated rings. The van der Waals surface area contributed by atoms with Gasteiger partial charge in [0.25, 0.3) is 0 Å². The number of hydrogen-bond donors (Lipinski definition) is 2. The van der Waals surface area contributed by atoms with Crippen molar-refractivity contribution >= 4 is 11.8 Å². The minimum atomic E-state index is -0.115. The van der Waals surface area contributed by atoms with Crippen LogP contribution in [0.2, 0.25) is 0 Å². The lowest BCUT2D eigenvalue weighted by atomic mass is 10.1. The summed E-state index contributed by atoms with van der Waals surface area (Å²) < 4.78 is 0. The Balaban J connectivity index is 1.69. The molecule has 2 N–H and O–H groups in total. The maximum atomic E-state index is 12.5. The van der Waals surface area contributed by atoms with Gasteiger partial charge in [-0.3, -0.25) is 10.2 Å². The molecule has 7 nitrogen and oxygen atoms in total. The zero-order valence-electron chi connectivity index (χ0n) is 13.5. The monoisotopic (exact) mass is 314 g/mol. The molecule has 0 saturated carbocycles. The van der Waals surface area contributed by atoms with Crippen LogP contribution in [-0.4, -0.2) is 57.0 Å². The minimum Gasteiger partial charge on any atom is -0.347 e. The van der Waals surface area contributed by atoms with E-state index in [1.54, 1.807) is 12.3 Å². The van der Waals surface area contributed by atoms with Crippen molar-refractivity contribution in [3.05, 3.63) is 42.1 Å². The van der Waals surface area contributed by atoms with Crippen LogP contribution in [0.15, 0.2) is 30.6 Å². The van der Waals surface area contributed by atoms with Crippen molar-refractivity contribution in [1.29, 1.82) is 0 Å². The normalized spacial score (nSPS) is 18.9. The number of pyridine rings is 1. The Hall–Kier alpha value is -2.41. The highest BCUT2D eigenvalue weighted by atomic mass is 16.2. The van der Waals surface area contributed by atoms with Gasteiger partial charge in [0.05, 0.1) is 6.04 Å². The van der Waals surface area contributed by atoms with Crippen LogP contribution in [0, 0.1) is 6.92 Å². The third kappa shape index (κ3) is 3.50. The van der Waals surface area contributed by atoms with Gasteiger partial charge in [0.1, 0.15) is 11.6 Å². The maximum Gasteiger partial charge on any atom is 0.323 e. The van der Waals surface area contributed by atoms with E-state index in [0.717, 1.165) is 24.6 Å². The zero-order chi connectivity index (χ0) is 16.2. The fraction of sp³-hybridized carbons (Fsp3) is 0.438. The Labute approximate surface area is 135 Å². The molecule has 23 heavy (non-hydrogen) atoms. The lowest BCUT2D eigenvalue weighted by Crippen LogP contribution is -2.51. The molecule has 0 bridgehead atoms. The van der Waals surface area contributed by atoms with Crippen molar-refractivity contribution in [3.8, 4) is 0 Å². The summed E-state index contributed by atoms with van der Waals surface area (Å²) in [6.45, 7) is 7.10. The number of nitrogens with one attached hydrogen (secondary N) is 2. The van der Waals surface area contributed by atoms with Crippen molar-refractivity contribution in [3.63, 3.8) is 0 Å². The first-order chi connectivity index (χ1) is 11.2. The standard InChI is InChI=1S/C16H22N6O/c1-3-21-9-10-22(11-13(21)15-17-7-8-18-15)16(23)20-14-6-4-5-12(2)19-14/h4-8,13H,3,9-11H2,1-2H3,(H,17,18)(H,19,20,23)/t13-/m1/s1. The van der Waals surface area contributed by atoms with Gasteiger partial charge in [0.15, 0.2) is 0 Å². The van der Waals surface area contributed by atoms with Gasteiger partial charge in [-0.15, -0.1) is 0 Å². The number of piperazine rings is 1. The molecular weight excluding hydrogens is 292 g/mol. The molecule has 0 aromatic carbocycles. The van der Waals surface area contributed by atoms with Crippen LogP contribution < -0.4 is 5.32 Å². The third-order valence-electron chi connectivity index (χ3n) is 4.14. The van der Waals surface area contributed by atoms with Crippen LogP contribution in [-0.2, 0) is 0 Å². The molecular formula is C16H22N6O. The molecule has 3 rings (SSSR count). The van der Waals surface area contributed by atoms with Gasteiger partial charge in [-0.1, -0.05) is 13.0 Å². The first-order valence-electron chi connectivity index (χ1n) is 7.90. The van der Waals surface area contributed by atoms with Crippen molar-refractivity contribution in [2.75, 3.05) is 31.5 Å². The van der Waals surface area contributed by atoms with Crippen LogP contribution in [0.3, 0.4) is 0 Å². The third-order valence-corrected chi connectivity index (χ3v) is 4.14. The van der Waals surface area contributed by atoms with E-state index in [2.05, 4.69) is 32.1 Å². The van der Waals surface area contributed by atoms with E-state index in [0.29, 0.717) is 18.9 Å². The number of anilines is 1. The van der Waals surface area contributed by atoms with Gasteiger partial charge >= 0.3 is 6.03 Å². The molecule has 122 valence electrons. The minimum absolute atomic E-state index is 0.0972. The molecule has 1 saturated heterocycles. The van der Waals surface area contributed by atoms with E-state index in [1.165, 1.54) is 0 Å². The number of hydrogen-bond acceptors (Lipinski definition) is 4. The number of carbonyl (C=O) groups is 1. The van der Waals surface area contributed by atoms with Crippen LogP contribution in [0.5, 0.6) is 0 Å². The van der Waals surface area contributed by atoms with Gasteiger partial charge in [-0.05, 0) is 25.6 Å². The van der Waals surface area contributed by atoms with E-state index in [1.807, 2.05) is 30.2 Å². The molecule has 1 atom stereocenters. The highest BCUT2D eigenvalue weighted by molar-refractivity contribution is 5.88. The summed E-state index contributed by atoms with van der Waals surface area (Å²) in [5, 5.41) is 2.88. The van der Waals surface area contributed by atoms with E-state index >= 15 is 0 Å².